The second kappa shape index (κ2) is 18.0. The third-order valence-corrected chi connectivity index (χ3v) is 14.9. The van der Waals surface area contributed by atoms with E-state index in [0.717, 1.165) is 6.92 Å². The molecule has 2 bridgehead atoms. The molecule has 3 N–H and O–H groups in total. The number of ketones is 1. The van der Waals surface area contributed by atoms with Crippen LogP contribution in [0.5, 0.6) is 0 Å². The van der Waals surface area contributed by atoms with Crippen molar-refractivity contribution in [2.45, 2.75) is 102 Å². The highest BCUT2D eigenvalue weighted by atomic mass is 16.6. The average Bonchev–Trinajstić information content (AvgIpc) is 3.32. The molecule has 1 aliphatic heterocycles. The Hall–Kier alpha value is -6.48. The molecule has 350 valence electrons. The largest absolute Gasteiger partial charge is 0.456 e. The zero-order valence-corrected chi connectivity index (χ0v) is 38.2. The fraction of sp³-hybridized carbons (Fsp3) is 0.396. The molecule has 4 aliphatic rings. The van der Waals surface area contributed by atoms with Crippen molar-refractivity contribution < 1.29 is 62.7 Å². The lowest BCUT2D eigenvalue weighted by molar-refractivity contribution is -0.335. The molecule has 8 rings (SSSR count). The molecule has 11 unspecified atom stereocenters. The Morgan fingerprint density at radius 2 is 1.30 bits per heavy atom. The van der Waals surface area contributed by atoms with Gasteiger partial charge in [0.1, 0.15) is 23.9 Å². The molecule has 3 fully saturated rings. The molecular weight excluding hydrogens is 859 g/mol. The van der Waals surface area contributed by atoms with E-state index in [4.69, 9.17) is 23.7 Å². The zero-order valence-electron chi connectivity index (χ0n) is 38.2. The van der Waals surface area contributed by atoms with Gasteiger partial charge in [0.05, 0.1) is 29.7 Å². The predicted octanol–water partition coefficient (Wildman–Crippen LogP) is 6.30. The number of fused-ring (bicyclic) bond motifs is 5. The third kappa shape index (κ3) is 8.04. The van der Waals surface area contributed by atoms with Crippen molar-refractivity contribution in [2.75, 3.05) is 6.61 Å². The van der Waals surface area contributed by atoms with Crippen LogP contribution in [-0.2, 0) is 38.1 Å². The number of Topliss-reactive ketones (excluding diaryl/α,β-unsaturated/α-hetero) is 1. The van der Waals surface area contributed by atoms with Crippen LogP contribution in [-0.4, -0.2) is 94.1 Å². The van der Waals surface area contributed by atoms with E-state index in [0.29, 0.717) is 5.56 Å². The van der Waals surface area contributed by atoms with Gasteiger partial charge in [0.25, 0.3) is 5.91 Å². The highest BCUT2D eigenvalue weighted by Crippen LogP contribution is 2.65. The van der Waals surface area contributed by atoms with Gasteiger partial charge in [-0.3, -0.25) is 14.4 Å². The maximum Gasteiger partial charge on any atom is 0.338 e. The molecule has 11 atom stereocenters. The smallest absolute Gasteiger partial charge is 0.338 e. The van der Waals surface area contributed by atoms with Crippen molar-refractivity contribution in [3.63, 3.8) is 0 Å². The summed E-state index contributed by atoms with van der Waals surface area (Å²) in [6.07, 6.45) is -7.98. The first-order chi connectivity index (χ1) is 31.8. The monoisotopic (exact) mass is 913 g/mol. The standard InChI is InChI=1S/C53H55NO13/c1-30-27-38-52(29-63-38,67-48(60)36-25-17-10-18-26-36)43-45(66-47(59)35-23-15-9-16-24-35)53(62)28-37(31(2)39(50(53,4)5)42(64-32(3)55)44(57)51(30,43)6)65-49(61)41(56)40(33-19-11-7-12-20-33)54-46(58)34-21-13-8-14-22-34/h7-26,30,37-38,40-43,45,56,62H,27-29H2,1-6H3,(H,54,58). The molecule has 0 radical (unpaired) electrons. The summed E-state index contributed by atoms with van der Waals surface area (Å²) < 4.78 is 31.6. The van der Waals surface area contributed by atoms with Gasteiger partial charge in [-0.05, 0) is 72.4 Å². The minimum atomic E-state index is -2.32. The number of benzene rings is 4. The quantitative estimate of drug-likeness (QED) is 0.0861. The van der Waals surface area contributed by atoms with Gasteiger partial charge in [0.2, 0.25) is 0 Å². The van der Waals surface area contributed by atoms with Crippen LogP contribution < -0.4 is 5.32 Å². The van der Waals surface area contributed by atoms with Gasteiger partial charge in [-0.2, -0.15) is 0 Å². The summed E-state index contributed by atoms with van der Waals surface area (Å²) in [5.74, 6) is -6.80. The van der Waals surface area contributed by atoms with Gasteiger partial charge in [-0.25, -0.2) is 14.4 Å². The normalized spacial score (nSPS) is 30.3. The van der Waals surface area contributed by atoms with E-state index in [-0.39, 0.29) is 40.9 Å². The Kier molecular flexibility index (Phi) is 12.6. The number of amides is 1. The Bertz CT molecular complexity index is 2580. The number of hydrogen-bond donors (Lipinski definition) is 3. The van der Waals surface area contributed by atoms with Crippen LogP contribution in [0.25, 0.3) is 0 Å². The number of carbonyl (C=O) groups excluding carboxylic acids is 6. The fourth-order valence-corrected chi connectivity index (χ4v) is 11.0. The minimum absolute atomic E-state index is 0.0978. The molecule has 1 saturated heterocycles. The first-order valence-electron chi connectivity index (χ1n) is 22.5. The Morgan fingerprint density at radius 1 is 0.761 bits per heavy atom. The van der Waals surface area contributed by atoms with E-state index in [1.54, 1.807) is 137 Å². The fourth-order valence-electron chi connectivity index (χ4n) is 11.0. The number of nitrogens with one attached hydrogen (secondary N) is 1. The summed E-state index contributed by atoms with van der Waals surface area (Å²) in [6.45, 7) is 9.23. The van der Waals surface area contributed by atoms with Crippen molar-refractivity contribution in [1.29, 1.82) is 0 Å². The highest BCUT2D eigenvalue weighted by molar-refractivity contribution is 5.96. The minimum Gasteiger partial charge on any atom is -0.456 e. The predicted molar refractivity (Wildman–Crippen MR) is 241 cm³/mol. The van der Waals surface area contributed by atoms with Crippen molar-refractivity contribution in [1.82, 2.24) is 5.32 Å². The van der Waals surface area contributed by atoms with Crippen molar-refractivity contribution >= 4 is 35.6 Å². The number of esters is 4. The number of ether oxygens (including phenoxy) is 5. The summed E-state index contributed by atoms with van der Waals surface area (Å²) >= 11 is 0. The Labute approximate surface area is 388 Å². The number of aliphatic hydroxyl groups is 2. The topological polar surface area (TPSA) is 201 Å². The van der Waals surface area contributed by atoms with E-state index < -0.39 is 112 Å². The van der Waals surface area contributed by atoms with Crippen LogP contribution in [0.2, 0.25) is 0 Å². The van der Waals surface area contributed by atoms with Gasteiger partial charge in [0.15, 0.2) is 23.6 Å². The van der Waals surface area contributed by atoms with Gasteiger partial charge < -0.3 is 39.2 Å². The van der Waals surface area contributed by atoms with E-state index in [2.05, 4.69) is 5.32 Å². The molecular formula is C53H55NO13. The van der Waals surface area contributed by atoms with Crippen molar-refractivity contribution in [2.24, 2.45) is 22.7 Å². The van der Waals surface area contributed by atoms with Crippen LogP contribution in [0.3, 0.4) is 0 Å². The molecule has 2 saturated carbocycles. The van der Waals surface area contributed by atoms with E-state index in [9.17, 15) is 34.2 Å². The Balaban J connectivity index is 1.29. The van der Waals surface area contributed by atoms with Gasteiger partial charge in [-0.15, -0.1) is 0 Å². The molecule has 3 aliphatic carbocycles. The van der Waals surface area contributed by atoms with Crippen molar-refractivity contribution in [3.05, 3.63) is 155 Å². The Morgan fingerprint density at radius 3 is 1.84 bits per heavy atom. The second-order valence-electron chi connectivity index (χ2n) is 18.9. The third-order valence-electron chi connectivity index (χ3n) is 14.9. The van der Waals surface area contributed by atoms with E-state index in [1.807, 2.05) is 6.92 Å². The molecule has 1 heterocycles. The van der Waals surface area contributed by atoms with E-state index >= 15 is 4.79 Å². The first-order valence-corrected chi connectivity index (χ1v) is 22.5. The van der Waals surface area contributed by atoms with Crippen LogP contribution in [0.4, 0.5) is 0 Å². The van der Waals surface area contributed by atoms with E-state index in [1.165, 1.54) is 12.1 Å². The molecule has 0 aromatic heterocycles. The maximum atomic E-state index is 15.9. The number of hydrogen-bond acceptors (Lipinski definition) is 13. The first kappa shape index (κ1) is 47.0. The zero-order chi connectivity index (χ0) is 48.1. The summed E-state index contributed by atoms with van der Waals surface area (Å²) in [5.41, 5.74) is -5.99. The maximum absolute atomic E-state index is 15.9. The molecule has 14 nitrogen and oxygen atoms in total. The number of rotatable bonds is 11. The summed E-state index contributed by atoms with van der Waals surface area (Å²) in [5, 5.41) is 28.6. The van der Waals surface area contributed by atoms with Crippen LogP contribution in [0.15, 0.2) is 132 Å². The number of aliphatic hydroxyl groups excluding tert-OH is 1. The second-order valence-corrected chi connectivity index (χ2v) is 18.9. The summed E-state index contributed by atoms with van der Waals surface area (Å²) in [4.78, 5) is 85.9. The van der Waals surface area contributed by atoms with Crippen molar-refractivity contribution in [3.8, 4) is 0 Å². The van der Waals surface area contributed by atoms with Crippen LogP contribution in [0, 0.1) is 22.7 Å². The van der Waals surface area contributed by atoms with Crippen LogP contribution >= 0.6 is 0 Å². The lowest BCUT2D eigenvalue weighted by Crippen LogP contribution is -2.81. The lowest BCUT2D eigenvalue weighted by atomic mass is 9.43. The number of carbonyl (C=O) groups is 6. The molecule has 14 heteroatoms. The highest BCUT2D eigenvalue weighted by Gasteiger charge is 2.78. The van der Waals surface area contributed by atoms with Gasteiger partial charge in [0, 0.05) is 29.7 Å². The van der Waals surface area contributed by atoms with Gasteiger partial charge in [-0.1, -0.05) is 113 Å². The SMILES string of the molecule is CC(=O)OC1C(=O)C2(C)C(C)CC3OCC3(OC(=O)c3ccccc3)C2C(OC(=O)c2ccccc2)C2(O)CC(OC(=O)C(O)C(NC(=O)c3ccccc3)c3ccccc3)C(C)=C1C2(C)C. The molecule has 0 spiro atoms. The average molecular weight is 914 g/mol. The molecule has 4 aromatic rings. The van der Waals surface area contributed by atoms with Gasteiger partial charge >= 0.3 is 23.9 Å². The molecule has 67 heavy (non-hydrogen) atoms. The molecule has 4 aromatic carbocycles. The summed E-state index contributed by atoms with van der Waals surface area (Å²) in [6, 6.07) is 31.6. The molecule has 1 amide bonds. The summed E-state index contributed by atoms with van der Waals surface area (Å²) in [7, 11) is 0. The van der Waals surface area contributed by atoms with Crippen LogP contribution in [0.1, 0.15) is 97.1 Å². The lowest BCUT2D eigenvalue weighted by Gasteiger charge is -2.68.